The second-order valence-corrected chi connectivity index (χ2v) is 11.5. The third kappa shape index (κ3) is 5.06. The van der Waals surface area contributed by atoms with Crippen LogP contribution >= 0.6 is 31.9 Å². The number of anilines is 1. The zero-order valence-electron chi connectivity index (χ0n) is 21.0. The third-order valence-electron chi connectivity index (χ3n) is 7.43. The molecule has 202 valence electrons. The largest absolute Gasteiger partial charge is 0.370 e. The molecule has 1 aliphatic carbocycles. The quantitative estimate of drug-likeness (QED) is 0.224. The number of aryl methyl sites for hydroxylation is 1. The number of aliphatic imine (C=N–C) groups is 1. The van der Waals surface area contributed by atoms with E-state index in [4.69, 9.17) is 11.5 Å². The monoisotopic (exact) mass is 648 g/mol. The van der Waals surface area contributed by atoms with Gasteiger partial charge in [-0.05, 0) is 68.3 Å². The van der Waals surface area contributed by atoms with E-state index in [-0.39, 0.29) is 35.6 Å². The summed E-state index contributed by atoms with van der Waals surface area (Å²) < 4.78 is 5.20. The summed E-state index contributed by atoms with van der Waals surface area (Å²) in [7, 11) is 3.65. The first-order valence-corrected chi connectivity index (χ1v) is 13.8. The Labute approximate surface area is 236 Å². The van der Waals surface area contributed by atoms with Crippen LogP contribution in [0.2, 0.25) is 0 Å². The van der Waals surface area contributed by atoms with E-state index in [1.165, 1.54) is 0 Å². The van der Waals surface area contributed by atoms with Gasteiger partial charge in [0.05, 0.1) is 22.9 Å². The number of imidazole rings is 1. The van der Waals surface area contributed by atoms with Gasteiger partial charge >= 0.3 is 0 Å². The van der Waals surface area contributed by atoms with Crippen LogP contribution in [0.15, 0.2) is 38.5 Å². The third-order valence-corrected chi connectivity index (χ3v) is 8.66. The van der Waals surface area contributed by atoms with Crippen LogP contribution in [-0.4, -0.2) is 62.6 Å². The van der Waals surface area contributed by atoms with Crippen LogP contribution in [0.1, 0.15) is 38.3 Å². The fraction of sp³-hybridized carbons (Fsp3) is 0.417. The van der Waals surface area contributed by atoms with Gasteiger partial charge < -0.3 is 41.5 Å². The van der Waals surface area contributed by atoms with E-state index in [1.54, 1.807) is 21.3 Å². The number of carbonyl (C=O) groups excluding carboxylic acids is 2. The molecule has 2 aliphatic rings. The number of nitrogens with one attached hydrogen (secondary N) is 4. The molecule has 0 radical (unpaired) electrons. The van der Waals surface area contributed by atoms with E-state index in [9.17, 15) is 9.59 Å². The molecule has 4 heterocycles. The van der Waals surface area contributed by atoms with Gasteiger partial charge in [0.1, 0.15) is 11.4 Å². The molecule has 3 aromatic heterocycles. The maximum Gasteiger partial charge on any atom is 0.267 e. The van der Waals surface area contributed by atoms with Crippen LogP contribution in [0.5, 0.6) is 0 Å². The van der Waals surface area contributed by atoms with Crippen molar-refractivity contribution in [1.29, 1.82) is 0 Å². The minimum Gasteiger partial charge on any atom is -0.370 e. The zero-order valence-corrected chi connectivity index (χ0v) is 24.1. The lowest BCUT2D eigenvalue weighted by Gasteiger charge is -2.40. The summed E-state index contributed by atoms with van der Waals surface area (Å²) in [4.78, 5) is 38.3. The summed E-state index contributed by atoms with van der Waals surface area (Å²) in [6.45, 7) is 1.25. The molecular formula is C24H30Br2N10O2. The smallest absolute Gasteiger partial charge is 0.267 e. The number of rotatable bonds is 7. The van der Waals surface area contributed by atoms with Gasteiger partial charge in [-0.1, -0.05) is 0 Å². The van der Waals surface area contributed by atoms with Crippen LogP contribution in [0.25, 0.3) is 0 Å². The summed E-state index contributed by atoms with van der Waals surface area (Å²) in [5.74, 6) is 0.122. The van der Waals surface area contributed by atoms with Gasteiger partial charge in [0.25, 0.3) is 11.8 Å². The van der Waals surface area contributed by atoms with Crippen molar-refractivity contribution in [3.05, 3.63) is 56.2 Å². The lowest BCUT2D eigenvalue weighted by atomic mass is 9.69. The van der Waals surface area contributed by atoms with Crippen LogP contribution in [0.3, 0.4) is 0 Å². The molecule has 4 atom stereocenters. The molecule has 8 N–H and O–H groups in total. The van der Waals surface area contributed by atoms with Crippen LogP contribution < -0.4 is 27.4 Å². The molecule has 0 aromatic carbocycles. The highest BCUT2D eigenvalue weighted by Gasteiger charge is 2.44. The molecule has 12 nitrogen and oxygen atoms in total. The predicted molar refractivity (Wildman–Crippen MR) is 151 cm³/mol. The van der Waals surface area contributed by atoms with Crippen LogP contribution in [0.4, 0.5) is 5.95 Å². The van der Waals surface area contributed by atoms with Crippen molar-refractivity contribution >= 4 is 55.6 Å². The molecule has 0 spiro atoms. The first kappa shape index (κ1) is 26.4. The SMILES string of the molecule is Cn1cc(Br)cc1C(=O)NC[C@@H]1[C@@H](CNC(=O)c2ccc(Br)n2C)Cc2nc(N)[nH]c2[C@H]1C1CN=C(N)N1. The Balaban J connectivity index is 1.42. The molecule has 3 aromatic rings. The number of fused-ring (bicyclic) bond motifs is 1. The summed E-state index contributed by atoms with van der Waals surface area (Å²) >= 11 is 6.87. The molecule has 1 unspecified atom stereocenters. The molecule has 2 amide bonds. The van der Waals surface area contributed by atoms with Gasteiger partial charge in [-0.15, -0.1) is 0 Å². The predicted octanol–water partition coefficient (Wildman–Crippen LogP) is 1.21. The second kappa shape index (κ2) is 10.5. The van der Waals surface area contributed by atoms with E-state index < -0.39 is 0 Å². The summed E-state index contributed by atoms with van der Waals surface area (Å²) in [6, 6.07) is 5.28. The molecule has 0 saturated carbocycles. The van der Waals surface area contributed by atoms with Gasteiger partial charge in [0.15, 0.2) is 11.9 Å². The van der Waals surface area contributed by atoms with Crippen molar-refractivity contribution in [2.75, 3.05) is 25.4 Å². The number of carbonyl (C=O) groups is 2. The minimum atomic E-state index is -0.182. The Kier molecular flexibility index (Phi) is 7.27. The van der Waals surface area contributed by atoms with Gasteiger partial charge in [-0.2, -0.15) is 0 Å². The number of hydrogen-bond donors (Lipinski definition) is 6. The molecule has 0 bridgehead atoms. The number of amides is 2. The summed E-state index contributed by atoms with van der Waals surface area (Å²) in [5.41, 5.74) is 14.9. The van der Waals surface area contributed by atoms with Crippen molar-refractivity contribution in [3.63, 3.8) is 0 Å². The van der Waals surface area contributed by atoms with Crippen LogP contribution in [-0.2, 0) is 20.5 Å². The average Bonchev–Trinajstić information content (AvgIpc) is 3.63. The number of H-pyrrole nitrogens is 1. The second-order valence-electron chi connectivity index (χ2n) is 9.79. The van der Waals surface area contributed by atoms with Gasteiger partial charge in [0, 0.05) is 49.5 Å². The van der Waals surface area contributed by atoms with E-state index in [0.717, 1.165) is 20.5 Å². The highest BCUT2D eigenvalue weighted by Crippen LogP contribution is 2.41. The minimum absolute atomic E-state index is 0.0352. The molecule has 0 saturated heterocycles. The number of guanidine groups is 1. The highest BCUT2D eigenvalue weighted by molar-refractivity contribution is 9.10. The summed E-state index contributed by atoms with van der Waals surface area (Å²) in [5, 5.41) is 9.49. The summed E-state index contributed by atoms with van der Waals surface area (Å²) in [6.07, 6.45) is 2.43. The Hall–Kier alpha value is -3.26. The Bertz CT molecular complexity index is 1410. The first-order valence-electron chi connectivity index (χ1n) is 12.2. The van der Waals surface area contributed by atoms with Gasteiger partial charge in [-0.25, -0.2) is 4.98 Å². The number of aromatic nitrogens is 4. The number of nitrogens with two attached hydrogens (primary N) is 2. The van der Waals surface area contributed by atoms with Crippen molar-refractivity contribution in [1.82, 2.24) is 35.1 Å². The van der Waals surface area contributed by atoms with E-state index in [2.05, 4.69) is 62.8 Å². The number of nitrogens with zero attached hydrogens (tertiary/aromatic N) is 4. The fourth-order valence-electron chi connectivity index (χ4n) is 5.56. The zero-order chi connectivity index (χ0) is 27.1. The Morgan fingerprint density at radius 1 is 1.13 bits per heavy atom. The number of nitrogen functional groups attached to an aromatic ring is 1. The van der Waals surface area contributed by atoms with E-state index in [0.29, 0.717) is 49.4 Å². The van der Waals surface area contributed by atoms with Crippen molar-refractivity contribution in [3.8, 4) is 0 Å². The molecule has 14 heteroatoms. The standard InChI is InChI=1S/C24H30Br2N10O2/c1-35-10-12(25)6-17(35)22(38)30-8-13-11(7-29-21(37)16-3-4-18(26)36(16)2)5-14-20(34-24(28)32-14)19(13)15-9-31-23(27)33-15/h3-4,6,10-11,13,15,19H,5,7-9H2,1-2H3,(H,29,37)(H,30,38)(H3,27,31,33)(H3,28,32,34)/t11-,13-,15?,19-/m1/s1. The average molecular weight is 650 g/mol. The lowest BCUT2D eigenvalue weighted by molar-refractivity contribution is 0.0894. The topological polar surface area (TPSA) is 173 Å². The van der Waals surface area contributed by atoms with E-state index in [1.807, 2.05) is 26.4 Å². The number of aromatic amines is 1. The first-order chi connectivity index (χ1) is 18.1. The maximum absolute atomic E-state index is 13.1. The molecule has 1 aliphatic heterocycles. The van der Waals surface area contributed by atoms with Gasteiger partial charge in [-0.3, -0.25) is 14.6 Å². The van der Waals surface area contributed by atoms with E-state index >= 15 is 0 Å². The molecular weight excluding hydrogens is 620 g/mol. The maximum atomic E-state index is 13.1. The van der Waals surface area contributed by atoms with Crippen molar-refractivity contribution in [2.45, 2.75) is 18.4 Å². The van der Waals surface area contributed by atoms with Crippen molar-refractivity contribution < 1.29 is 9.59 Å². The van der Waals surface area contributed by atoms with Gasteiger partial charge in [0.2, 0.25) is 0 Å². The van der Waals surface area contributed by atoms with Crippen LogP contribution in [0, 0.1) is 11.8 Å². The Morgan fingerprint density at radius 3 is 2.50 bits per heavy atom. The molecule has 5 rings (SSSR count). The van der Waals surface area contributed by atoms with Crippen molar-refractivity contribution in [2.24, 2.45) is 36.7 Å². The molecule has 38 heavy (non-hydrogen) atoms. The fourth-order valence-corrected chi connectivity index (χ4v) is 6.41. The molecule has 0 fully saturated rings. The highest BCUT2D eigenvalue weighted by atomic mass is 79.9. The number of hydrogen-bond acceptors (Lipinski definition) is 7. The number of halogens is 2. The normalized spacial score (nSPS) is 22.5. The lowest BCUT2D eigenvalue weighted by Crippen LogP contribution is -2.50. The Morgan fingerprint density at radius 2 is 1.87 bits per heavy atom.